The number of nitrogens with zero attached hydrogens (tertiary/aromatic N) is 3. The first-order chi connectivity index (χ1) is 12.5. The zero-order valence-corrected chi connectivity index (χ0v) is 18.4. The number of ether oxygens (including phenoxy) is 1. The molecule has 1 fully saturated rings. The van der Waals surface area contributed by atoms with Crippen LogP contribution in [0.4, 0.5) is 11.5 Å². The van der Waals surface area contributed by atoms with Crippen LogP contribution < -0.4 is 16.0 Å². The van der Waals surface area contributed by atoms with Gasteiger partial charge in [-0.15, -0.1) is 24.0 Å². The molecule has 27 heavy (non-hydrogen) atoms. The molecular weight excluding hydrogens is 453 g/mol. The minimum atomic E-state index is 0. The van der Waals surface area contributed by atoms with Crippen molar-refractivity contribution in [2.45, 2.75) is 39.5 Å². The van der Waals surface area contributed by atoms with Crippen molar-refractivity contribution in [3.8, 4) is 0 Å². The Balaban J connectivity index is 0.00000261. The van der Waals surface area contributed by atoms with Crippen LogP contribution in [-0.2, 0) is 11.3 Å². The van der Waals surface area contributed by atoms with Crippen LogP contribution in [0.25, 0.3) is 0 Å². The first kappa shape index (κ1) is 21.4. The van der Waals surface area contributed by atoms with E-state index in [1.54, 1.807) is 0 Å². The van der Waals surface area contributed by atoms with E-state index in [0.29, 0.717) is 12.5 Å². The number of hydrogen-bond donors (Lipinski definition) is 2. The van der Waals surface area contributed by atoms with Crippen LogP contribution in [0.2, 0.25) is 0 Å². The number of halogens is 1. The summed E-state index contributed by atoms with van der Waals surface area (Å²) < 4.78 is 5.77. The second-order valence-corrected chi connectivity index (χ2v) is 6.88. The maximum atomic E-state index is 5.97. The van der Waals surface area contributed by atoms with Crippen molar-refractivity contribution >= 4 is 41.4 Å². The van der Waals surface area contributed by atoms with E-state index in [1.165, 1.54) is 5.56 Å². The Hall–Kier alpha value is -1.87. The average molecular weight is 481 g/mol. The third kappa shape index (κ3) is 6.35. The van der Waals surface area contributed by atoms with Crippen molar-refractivity contribution in [3.05, 3.63) is 53.7 Å². The van der Waals surface area contributed by atoms with Crippen molar-refractivity contribution in [3.63, 3.8) is 0 Å². The van der Waals surface area contributed by atoms with Crippen LogP contribution in [0.3, 0.4) is 0 Å². The Bertz CT molecular complexity index is 738. The van der Waals surface area contributed by atoms with E-state index in [1.807, 2.05) is 36.5 Å². The largest absolute Gasteiger partial charge is 0.372 e. The molecule has 1 aliphatic heterocycles. The summed E-state index contributed by atoms with van der Waals surface area (Å²) in [7, 11) is 0. The number of aryl methyl sites for hydroxylation is 1. The van der Waals surface area contributed by atoms with E-state index in [9.17, 15) is 0 Å². The lowest BCUT2D eigenvalue weighted by Crippen LogP contribution is -2.45. The van der Waals surface area contributed by atoms with Crippen molar-refractivity contribution in [2.24, 2.45) is 10.7 Å². The Morgan fingerprint density at radius 3 is 2.44 bits per heavy atom. The molecule has 146 valence electrons. The SMILES string of the molecule is Cc1ccc(NC(N)=NCc2ccc(N3CC(C)OC(C)C3)nc2)cc1.I. The van der Waals surface area contributed by atoms with E-state index >= 15 is 0 Å². The monoisotopic (exact) mass is 481 g/mol. The number of aliphatic imine (C=N–C) groups is 1. The number of hydrogen-bond acceptors (Lipinski definition) is 4. The van der Waals surface area contributed by atoms with Gasteiger partial charge < -0.3 is 20.7 Å². The van der Waals surface area contributed by atoms with Crippen LogP contribution in [0.5, 0.6) is 0 Å². The molecule has 0 radical (unpaired) electrons. The number of nitrogens with one attached hydrogen (secondary N) is 1. The highest BCUT2D eigenvalue weighted by Gasteiger charge is 2.22. The molecule has 3 N–H and O–H groups in total. The van der Waals surface area contributed by atoms with Gasteiger partial charge in [-0.2, -0.15) is 0 Å². The summed E-state index contributed by atoms with van der Waals surface area (Å²) in [4.78, 5) is 11.2. The molecule has 2 unspecified atom stereocenters. The van der Waals surface area contributed by atoms with E-state index in [0.717, 1.165) is 30.2 Å². The number of anilines is 2. The number of aromatic nitrogens is 1. The predicted octanol–water partition coefficient (Wildman–Crippen LogP) is 3.55. The van der Waals surface area contributed by atoms with Gasteiger partial charge in [0.1, 0.15) is 5.82 Å². The van der Waals surface area contributed by atoms with Gasteiger partial charge in [-0.25, -0.2) is 9.98 Å². The molecule has 3 rings (SSSR count). The summed E-state index contributed by atoms with van der Waals surface area (Å²) in [6, 6.07) is 12.1. The first-order valence-corrected chi connectivity index (χ1v) is 8.98. The van der Waals surface area contributed by atoms with Gasteiger partial charge in [-0.3, -0.25) is 0 Å². The Morgan fingerprint density at radius 1 is 1.19 bits per heavy atom. The molecule has 7 heteroatoms. The zero-order chi connectivity index (χ0) is 18.5. The molecule has 6 nitrogen and oxygen atoms in total. The fraction of sp³-hybridized carbons (Fsp3) is 0.400. The van der Waals surface area contributed by atoms with Crippen molar-refractivity contribution in [1.82, 2.24) is 4.98 Å². The van der Waals surface area contributed by atoms with Gasteiger partial charge in [0.15, 0.2) is 5.96 Å². The van der Waals surface area contributed by atoms with Crippen LogP contribution >= 0.6 is 24.0 Å². The molecule has 1 aliphatic rings. The highest BCUT2D eigenvalue weighted by atomic mass is 127. The standard InChI is InChI=1S/C20H27N5O.HI/c1-14-4-7-18(8-5-14)24-20(21)23-11-17-6-9-19(22-10-17)25-12-15(2)26-16(3)13-25;/h4-10,15-16H,11-13H2,1-3H3,(H3,21,23,24);1H. The van der Waals surface area contributed by atoms with Gasteiger partial charge in [-0.1, -0.05) is 23.8 Å². The number of benzene rings is 1. The highest BCUT2D eigenvalue weighted by Crippen LogP contribution is 2.18. The second kappa shape index (κ2) is 9.89. The van der Waals surface area contributed by atoms with E-state index < -0.39 is 0 Å². The van der Waals surface area contributed by atoms with E-state index in [2.05, 4.69) is 47.0 Å². The summed E-state index contributed by atoms with van der Waals surface area (Å²) in [5, 5.41) is 3.10. The zero-order valence-electron chi connectivity index (χ0n) is 16.1. The first-order valence-electron chi connectivity index (χ1n) is 8.98. The molecule has 0 spiro atoms. The molecule has 0 amide bonds. The smallest absolute Gasteiger partial charge is 0.193 e. The quantitative estimate of drug-likeness (QED) is 0.397. The van der Waals surface area contributed by atoms with Crippen molar-refractivity contribution in [1.29, 1.82) is 0 Å². The van der Waals surface area contributed by atoms with Gasteiger partial charge in [0, 0.05) is 25.0 Å². The van der Waals surface area contributed by atoms with E-state index in [-0.39, 0.29) is 36.2 Å². The number of morpholine rings is 1. The van der Waals surface area contributed by atoms with Crippen molar-refractivity contribution in [2.75, 3.05) is 23.3 Å². The molecule has 1 aromatic carbocycles. The molecule has 1 aromatic heterocycles. The fourth-order valence-corrected chi connectivity index (χ4v) is 3.06. The van der Waals surface area contributed by atoms with Crippen LogP contribution in [0.15, 0.2) is 47.6 Å². The van der Waals surface area contributed by atoms with Gasteiger partial charge >= 0.3 is 0 Å². The fourth-order valence-electron chi connectivity index (χ4n) is 3.06. The molecule has 0 saturated carbocycles. The van der Waals surface area contributed by atoms with Crippen LogP contribution in [0, 0.1) is 6.92 Å². The maximum absolute atomic E-state index is 5.97. The molecule has 0 bridgehead atoms. The van der Waals surface area contributed by atoms with Gasteiger partial charge in [-0.05, 0) is 44.5 Å². The lowest BCUT2D eigenvalue weighted by atomic mass is 10.2. The summed E-state index contributed by atoms with van der Waals surface area (Å²) in [5.74, 6) is 1.37. The topological polar surface area (TPSA) is 75.8 Å². The lowest BCUT2D eigenvalue weighted by Gasteiger charge is -2.36. The minimum Gasteiger partial charge on any atom is -0.372 e. The maximum Gasteiger partial charge on any atom is 0.193 e. The average Bonchev–Trinajstić information content (AvgIpc) is 2.61. The third-order valence-electron chi connectivity index (χ3n) is 4.31. The Kier molecular flexibility index (Phi) is 7.85. The number of pyridine rings is 1. The Labute approximate surface area is 178 Å². The summed E-state index contributed by atoms with van der Waals surface area (Å²) in [6.45, 7) is 8.46. The van der Waals surface area contributed by atoms with Gasteiger partial charge in [0.05, 0.1) is 18.8 Å². The minimum absolute atomic E-state index is 0. The Morgan fingerprint density at radius 2 is 1.85 bits per heavy atom. The molecule has 1 saturated heterocycles. The number of nitrogens with two attached hydrogens (primary N) is 1. The van der Waals surface area contributed by atoms with Crippen LogP contribution in [-0.4, -0.2) is 36.2 Å². The third-order valence-corrected chi connectivity index (χ3v) is 4.31. The van der Waals surface area contributed by atoms with E-state index in [4.69, 9.17) is 10.5 Å². The second-order valence-electron chi connectivity index (χ2n) is 6.88. The normalized spacial score (nSPS) is 20.1. The summed E-state index contributed by atoms with van der Waals surface area (Å²) in [6.07, 6.45) is 2.30. The molecule has 2 atom stereocenters. The van der Waals surface area contributed by atoms with Gasteiger partial charge in [0.25, 0.3) is 0 Å². The summed E-state index contributed by atoms with van der Waals surface area (Å²) in [5.41, 5.74) is 9.13. The highest BCUT2D eigenvalue weighted by molar-refractivity contribution is 14.0. The molecule has 2 aromatic rings. The molecule has 0 aliphatic carbocycles. The lowest BCUT2D eigenvalue weighted by molar-refractivity contribution is -0.00545. The van der Waals surface area contributed by atoms with Crippen LogP contribution in [0.1, 0.15) is 25.0 Å². The number of guanidine groups is 1. The number of rotatable bonds is 4. The summed E-state index contributed by atoms with van der Waals surface area (Å²) >= 11 is 0. The van der Waals surface area contributed by atoms with Gasteiger partial charge in [0.2, 0.25) is 0 Å². The van der Waals surface area contributed by atoms with Crippen molar-refractivity contribution < 1.29 is 4.74 Å². The molecular formula is C20H28IN5O. The molecule has 2 heterocycles. The predicted molar refractivity (Wildman–Crippen MR) is 122 cm³/mol.